The fourth-order valence-corrected chi connectivity index (χ4v) is 14.0. The summed E-state index contributed by atoms with van der Waals surface area (Å²) in [7, 11) is -2.40. The molecule has 1 amide bonds. The highest BCUT2D eigenvalue weighted by Gasteiger charge is 2.50. The molecule has 0 radical (unpaired) electrons. The van der Waals surface area contributed by atoms with Crippen LogP contribution in [0, 0.1) is 0 Å². The molecule has 0 bridgehead atoms. The molecule has 0 saturated carbocycles. The Morgan fingerprint density at radius 1 is 0.939 bits per heavy atom. The van der Waals surface area contributed by atoms with Crippen molar-refractivity contribution < 1.29 is 18.0 Å². The molecule has 0 N–H and O–H groups in total. The number of rotatable bonds is 6. The molecule has 1 aliphatic heterocycles. The number of halogens is 4. The molecule has 0 fully saturated rings. The van der Waals surface area contributed by atoms with Gasteiger partial charge in [0.2, 0.25) is 0 Å². The van der Waals surface area contributed by atoms with Gasteiger partial charge >= 0.3 is 6.18 Å². The normalized spacial score (nSPS) is 16.3. The van der Waals surface area contributed by atoms with Gasteiger partial charge in [-0.3, -0.25) is 4.79 Å². The van der Waals surface area contributed by atoms with E-state index in [1.807, 2.05) is 30.3 Å². The van der Waals surface area contributed by atoms with Crippen LogP contribution < -0.4 is 4.90 Å². The molecule has 3 rings (SSSR count). The van der Waals surface area contributed by atoms with Crippen molar-refractivity contribution in [3.8, 4) is 0 Å². The van der Waals surface area contributed by atoms with Crippen LogP contribution >= 0.6 is 11.6 Å². The molecule has 178 valence electrons. The molecule has 7 heteroatoms. The van der Waals surface area contributed by atoms with Gasteiger partial charge in [-0.2, -0.15) is 13.2 Å². The van der Waals surface area contributed by atoms with Gasteiger partial charge in [-0.1, -0.05) is 89.5 Å². The standard InChI is InChI=1S/C26H31ClF3NOSi/c1-16(2)33(17(3)4,18(5)6)24(27)23-21-13-12-20(26(28,29)30)14-22(21)31(25(23)32)15-19-10-8-7-9-11-19/h7-14,16-18H,15H2,1-6H3/b24-23-. The van der Waals surface area contributed by atoms with E-state index >= 15 is 0 Å². The molecular formula is C26H31ClF3NOSi. The number of carbonyl (C=O) groups is 1. The molecule has 2 nitrogen and oxygen atoms in total. The molecule has 0 atom stereocenters. The third-order valence-corrected chi connectivity index (χ3v) is 14.9. The van der Waals surface area contributed by atoms with Crippen LogP contribution in [0.25, 0.3) is 5.57 Å². The molecule has 0 aliphatic carbocycles. The Bertz CT molecular complexity index is 1040. The van der Waals surface area contributed by atoms with Crippen molar-refractivity contribution in [3.63, 3.8) is 0 Å². The zero-order valence-electron chi connectivity index (χ0n) is 19.9. The average Bonchev–Trinajstić information content (AvgIpc) is 2.98. The van der Waals surface area contributed by atoms with Crippen molar-refractivity contribution in [2.24, 2.45) is 0 Å². The number of benzene rings is 2. The van der Waals surface area contributed by atoms with Crippen molar-refractivity contribution >= 4 is 36.8 Å². The zero-order chi connectivity index (χ0) is 24.7. The summed E-state index contributed by atoms with van der Waals surface area (Å²) in [5.74, 6) is -0.322. The van der Waals surface area contributed by atoms with Gasteiger partial charge in [-0.05, 0) is 34.3 Å². The van der Waals surface area contributed by atoms with Crippen molar-refractivity contribution in [1.29, 1.82) is 0 Å². The first-order chi connectivity index (χ1) is 15.3. The van der Waals surface area contributed by atoms with Gasteiger partial charge in [0.25, 0.3) is 5.91 Å². The monoisotopic (exact) mass is 493 g/mol. The summed E-state index contributed by atoms with van der Waals surface area (Å²) in [5, 5.41) is 0. The van der Waals surface area contributed by atoms with Crippen molar-refractivity contribution in [2.45, 2.75) is 70.9 Å². The Hall–Kier alpha value is -2.05. The van der Waals surface area contributed by atoms with Crippen LogP contribution in [0.5, 0.6) is 0 Å². The van der Waals surface area contributed by atoms with Crippen molar-refractivity contribution in [1.82, 2.24) is 0 Å². The van der Waals surface area contributed by atoms with E-state index in [0.29, 0.717) is 15.8 Å². The lowest BCUT2D eigenvalue weighted by Crippen LogP contribution is -2.46. The predicted octanol–water partition coefficient (Wildman–Crippen LogP) is 8.42. The summed E-state index contributed by atoms with van der Waals surface area (Å²) >= 11 is 7.19. The van der Waals surface area contributed by atoms with Gasteiger partial charge in [0.1, 0.15) is 8.07 Å². The minimum atomic E-state index is -4.50. The van der Waals surface area contributed by atoms with Crippen LogP contribution in [-0.4, -0.2) is 14.0 Å². The predicted molar refractivity (Wildman–Crippen MR) is 133 cm³/mol. The van der Waals surface area contributed by atoms with Gasteiger partial charge in [-0.15, -0.1) is 0 Å². The lowest BCUT2D eigenvalue weighted by Gasteiger charge is -2.43. The highest BCUT2D eigenvalue weighted by molar-refractivity contribution is 6.98. The van der Waals surface area contributed by atoms with Gasteiger partial charge in [-0.25, -0.2) is 0 Å². The van der Waals surface area contributed by atoms with E-state index in [4.69, 9.17) is 11.6 Å². The van der Waals surface area contributed by atoms with Crippen LogP contribution in [0.1, 0.15) is 58.2 Å². The fraction of sp³-hybridized carbons (Fsp3) is 0.423. The number of amides is 1. The van der Waals surface area contributed by atoms with E-state index in [2.05, 4.69) is 41.5 Å². The quantitative estimate of drug-likeness (QED) is 0.292. The second-order valence-corrected chi connectivity index (χ2v) is 16.2. The Labute approximate surface area is 200 Å². The Morgan fingerprint density at radius 2 is 1.48 bits per heavy atom. The van der Waals surface area contributed by atoms with E-state index in [-0.39, 0.29) is 34.8 Å². The molecule has 0 saturated heterocycles. The SMILES string of the molecule is CC(C)[Si](/C(Cl)=C1\C(=O)N(Cc2ccccc2)c2cc(C(F)(F)F)ccc21)(C(C)C)C(C)C. The van der Waals surface area contributed by atoms with Gasteiger partial charge in [0, 0.05) is 10.2 Å². The van der Waals surface area contributed by atoms with Crippen LogP contribution in [0.4, 0.5) is 18.9 Å². The zero-order valence-corrected chi connectivity index (χ0v) is 21.7. The number of nitrogens with zero attached hydrogens (tertiary/aromatic N) is 1. The van der Waals surface area contributed by atoms with Gasteiger partial charge < -0.3 is 4.90 Å². The molecule has 0 spiro atoms. The highest BCUT2D eigenvalue weighted by atomic mass is 35.5. The topological polar surface area (TPSA) is 20.3 Å². The summed E-state index contributed by atoms with van der Waals surface area (Å²) in [5.41, 5.74) is 1.97. The maximum Gasteiger partial charge on any atom is 0.416 e. The summed E-state index contributed by atoms with van der Waals surface area (Å²) in [4.78, 5) is 15.3. The average molecular weight is 494 g/mol. The van der Waals surface area contributed by atoms with Crippen LogP contribution in [0.2, 0.25) is 16.6 Å². The molecular weight excluding hydrogens is 463 g/mol. The molecule has 33 heavy (non-hydrogen) atoms. The molecule has 1 heterocycles. The summed E-state index contributed by atoms with van der Waals surface area (Å²) < 4.78 is 41.2. The Kier molecular flexibility index (Phi) is 7.20. The first kappa shape index (κ1) is 25.6. The first-order valence-corrected chi connectivity index (χ1v) is 13.9. The van der Waals surface area contributed by atoms with Crippen LogP contribution in [0.15, 0.2) is 53.2 Å². The summed E-state index contributed by atoms with van der Waals surface area (Å²) in [6.07, 6.45) is -4.50. The van der Waals surface area contributed by atoms with E-state index in [9.17, 15) is 18.0 Å². The van der Waals surface area contributed by atoms with E-state index < -0.39 is 19.8 Å². The lowest BCUT2D eigenvalue weighted by atomic mass is 10.1. The minimum Gasteiger partial charge on any atom is -0.303 e. The molecule has 0 aromatic heterocycles. The second-order valence-electron chi connectivity index (χ2n) is 9.69. The number of hydrogen-bond donors (Lipinski definition) is 0. The van der Waals surface area contributed by atoms with Crippen molar-refractivity contribution in [3.05, 3.63) is 69.9 Å². The third kappa shape index (κ3) is 4.40. The van der Waals surface area contributed by atoms with E-state index in [1.165, 1.54) is 11.0 Å². The smallest absolute Gasteiger partial charge is 0.303 e. The highest BCUT2D eigenvalue weighted by Crippen LogP contribution is 2.53. The van der Waals surface area contributed by atoms with Crippen LogP contribution in [0.3, 0.4) is 0 Å². The maximum atomic E-state index is 13.8. The minimum absolute atomic E-state index is 0.182. The number of carbonyl (C=O) groups excluding carboxylic acids is 1. The first-order valence-electron chi connectivity index (χ1n) is 11.3. The number of hydrogen-bond acceptors (Lipinski definition) is 1. The van der Waals surface area contributed by atoms with Gasteiger partial charge in [0.15, 0.2) is 0 Å². The van der Waals surface area contributed by atoms with Crippen molar-refractivity contribution in [2.75, 3.05) is 4.90 Å². The number of anilines is 1. The second kappa shape index (κ2) is 9.30. The summed E-state index contributed by atoms with van der Waals surface area (Å²) in [6, 6.07) is 12.8. The molecule has 1 aliphatic rings. The van der Waals surface area contributed by atoms with E-state index in [1.54, 1.807) is 0 Å². The van der Waals surface area contributed by atoms with E-state index in [0.717, 1.165) is 17.7 Å². The lowest BCUT2D eigenvalue weighted by molar-refractivity contribution is -0.137. The Balaban J connectivity index is 2.29. The maximum absolute atomic E-state index is 13.8. The Morgan fingerprint density at radius 3 is 1.97 bits per heavy atom. The van der Waals surface area contributed by atoms with Crippen LogP contribution in [-0.2, 0) is 17.5 Å². The molecule has 0 unspecified atom stereocenters. The van der Waals surface area contributed by atoms with Gasteiger partial charge in [0.05, 0.1) is 23.4 Å². The number of fused-ring (bicyclic) bond motifs is 1. The molecule has 2 aromatic rings. The molecule has 2 aromatic carbocycles. The summed E-state index contributed by atoms with van der Waals surface area (Å²) in [6.45, 7) is 13.0. The third-order valence-electron chi connectivity index (χ3n) is 6.99. The number of alkyl halides is 3. The fourth-order valence-electron chi connectivity index (χ4n) is 5.61. The largest absolute Gasteiger partial charge is 0.416 e.